The van der Waals surface area contributed by atoms with Crippen molar-refractivity contribution in [2.75, 3.05) is 0 Å². The standard InChI is InChI=1S/3C2H4O2.Fe/c3*1-2(3)4;/h3*1H3,(H,3,4);/q;;;+3/p-3. The Morgan fingerprint density at radius 2 is 0.692 bits per heavy atom. The van der Waals surface area contributed by atoms with Gasteiger partial charge in [0.15, 0.2) is 0 Å². The molecule has 0 aromatic carbocycles. The molecule has 13 heavy (non-hydrogen) atoms. The number of rotatable bonds is 0. The van der Waals surface area contributed by atoms with Crippen molar-refractivity contribution in [2.45, 2.75) is 20.8 Å². The second kappa shape index (κ2) is 17.1. The predicted molar refractivity (Wildman–Crippen MR) is 32.0 cm³/mol. The molecule has 0 aromatic heterocycles. The monoisotopic (exact) mass is 233 g/mol. The van der Waals surface area contributed by atoms with Crippen molar-refractivity contribution in [1.29, 1.82) is 0 Å². The van der Waals surface area contributed by atoms with E-state index in [1.54, 1.807) is 0 Å². The Labute approximate surface area is 86.0 Å². The van der Waals surface area contributed by atoms with Crippen molar-refractivity contribution in [3.05, 3.63) is 0 Å². The molecule has 6 nitrogen and oxygen atoms in total. The summed E-state index contributed by atoms with van der Waals surface area (Å²) in [6.45, 7) is 2.92. The number of carboxylic acid groups (broad SMARTS) is 3. The molecule has 0 N–H and O–H groups in total. The summed E-state index contributed by atoms with van der Waals surface area (Å²) in [4.78, 5) is 26.7. The smallest absolute Gasteiger partial charge is 0.550 e. The summed E-state index contributed by atoms with van der Waals surface area (Å²) < 4.78 is 0. The molecule has 0 fully saturated rings. The molecule has 0 aliphatic heterocycles. The molecule has 1 radical (unpaired) electrons. The second-order valence-electron chi connectivity index (χ2n) is 1.47. The van der Waals surface area contributed by atoms with E-state index in [0.717, 1.165) is 20.8 Å². The van der Waals surface area contributed by atoms with E-state index >= 15 is 0 Å². The van der Waals surface area contributed by atoms with Gasteiger partial charge in [0.2, 0.25) is 0 Å². The molecule has 7 heteroatoms. The molecule has 0 aromatic rings. The molecule has 0 rings (SSSR count). The van der Waals surface area contributed by atoms with E-state index in [-0.39, 0.29) is 17.1 Å². The van der Waals surface area contributed by atoms with Crippen LogP contribution in [0.3, 0.4) is 0 Å². The molecule has 0 heterocycles. The van der Waals surface area contributed by atoms with Crippen molar-refractivity contribution < 1.29 is 46.8 Å². The van der Waals surface area contributed by atoms with Crippen LogP contribution < -0.4 is 15.3 Å². The van der Waals surface area contributed by atoms with Gasteiger partial charge in [-0.05, 0) is 20.8 Å². The van der Waals surface area contributed by atoms with Crippen LogP contribution >= 0.6 is 0 Å². The van der Waals surface area contributed by atoms with Gasteiger partial charge in [-0.25, -0.2) is 0 Å². The van der Waals surface area contributed by atoms with Crippen LogP contribution in [-0.4, -0.2) is 17.9 Å². The van der Waals surface area contributed by atoms with E-state index in [4.69, 9.17) is 29.7 Å². The molecular weight excluding hydrogens is 224 g/mol. The third-order valence-corrected chi connectivity index (χ3v) is 0. The first-order valence-electron chi connectivity index (χ1n) is 2.72. The van der Waals surface area contributed by atoms with Gasteiger partial charge in [0.1, 0.15) is 0 Å². The minimum absolute atomic E-state index is 0. The number of carbonyl (C=O) groups excluding carboxylic acids is 3. The van der Waals surface area contributed by atoms with Crippen LogP contribution in [0.2, 0.25) is 0 Å². The third kappa shape index (κ3) is 760. The van der Waals surface area contributed by atoms with Crippen LogP contribution in [0, 0.1) is 0 Å². The molecule has 0 bridgehead atoms. The maximum atomic E-state index is 8.89. The Morgan fingerprint density at radius 3 is 0.692 bits per heavy atom. The summed E-state index contributed by atoms with van der Waals surface area (Å²) in [5, 5.41) is 26.7. The molecule has 77 valence electrons. The van der Waals surface area contributed by atoms with Gasteiger partial charge < -0.3 is 29.7 Å². The Morgan fingerprint density at radius 1 is 0.692 bits per heavy atom. The predicted octanol–water partition coefficient (Wildman–Crippen LogP) is -3.73. The summed E-state index contributed by atoms with van der Waals surface area (Å²) in [6, 6.07) is 0. The summed E-state index contributed by atoms with van der Waals surface area (Å²) >= 11 is 0. The molecule has 0 atom stereocenters. The average molecular weight is 233 g/mol. The maximum Gasteiger partial charge on any atom is 3.00 e. The molecule has 0 aliphatic rings. The second-order valence-corrected chi connectivity index (χ2v) is 1.47. The zero-order chi connectivity index (χ0) is 10.7. The van der Waals surface area contributed by atoms with Gasteiger partial charge in [0, 0.05) is 17.9 Å². The number of carboxylic acids is 3. The molecule has 0 unspecified atom stereocenters. The minimum Gasteiger partial charge on any atom is -0.550 e. The van der Waals surface area contributed by atoms with Gasteiger partial charge in [-0.1, -0.05) is 0 Å². The van der Waals surface area contributed by atoms with E-state index in [0.29, 0.717) is 0 Å². The molecule has 0 spiro atoms. The van der Waals surface area contributed by atoms with Crippen LogP contribution in [0.1, 0.15) is 20.8 Å². The van der Waals surface area contributed by atoms with E-state index in [9.17, 15) is 0 Å². The van der Waals surface area contributed by atoms with Crippen LogP contribution in [0.5, 0.6) is 0 Å². The van der Waals surface area contributed by atoms with E-state index in [1.807, 2.05) is 0 Å². The number of hydrogen-bond donors (Lipinski definition) is 0. The zero-order valence-corrected chi connectivity index (χ0v) is 8.41. The maximum absolute atomic E-state index is 8.89. The largest absolute Gasteiger partial charge is 3.00 e. The van der Waals surface area contributed by atoms with E-state index in [2.05, 4.69) is 0 Å². The number of carbonyl (C=O) groups is 3. The Hall–Kier alpha value is -1.07. The fourth-order valence-electron chi connectivity index (χ4n) is 0. The zero-order valence-electron chi connectivity index (χ0n) is 7.30. The molecular formula is C6H9FeO6. The molecule has 0 amide bonds. The summed E-state index contributed by atoms with van der Waals surface area (Å²) in [5.41, 5.74) is 0. The molecule has 0 saturated heterocycles. The SMILES string of the molecule is CC(=O)[O-].CC(=O)[O-].CC(=O)[O-].[Fe+3]. The quantitative estimate of drug-likeness (QED) is 0.396. The van der Waals surface area contributed by atoms with E-state index in [1.165, 1.54) is 0 Å². The third-order valence-electron chi connectivity index (χ3n) is 0. The summed E-state index contributed by atoms with van der Waals surface area (Å²) in [7, 11) is 0. The van der Waals surface area contributed by atoms with E-state index < -0.39 is 17.9 Å². The van der Waals surface area contributed by atoms with Crippen molar-refractivity contribution in [1.82, 2.24) is 0 Å². The molecule has 0 saturated carbocycles. The van der Waals surface area contributed by atoms with Gasteiger partial charge in [-0.2, -0.15) is 0 Å². The normalized spacial score (nSPS) is 5.77. The Kier molecular flexibility index (Phi) is 29.9. The van der Waals surface area contributed by atoms with Gasteiger partial charge in [0.25, 0.3) is 0 Å². The summed E-state index contributed by atoms with van der Waals surface area (Å²) in [6.07, 6.45) is 0. The first-order chi connectivity index (χ1) is 5.20. The number of aliphatic carboxylic acids is 3. The van der Waals surface area contributed by atoms with Crippen molar-refractivity contribution in [2.24, 2.45) is 0 Å². The van der Waals surface area contributed by atoms with Crippen molar-refractivity contribution in [3.63, 3.8) is 0 Å². The average Bonchev–Trinajstić information content (AvgIpc) is 1.54. The first-order valence-corrected chi connectivity index (χ1v) is 2.72. The fraction of sp³-hybridized carbons (Fsp3) is 0.500. The van der Waals surface area contributed by atoms with Gasteiger partial charge >= 0.3 is 17.1 Å². The van der Waals surface area contributed by atoms with Gasteiger partial charge in [0.05, 0.1) is 0 Å². The summed E-state index contributed by atoms with van der Waals surface area (Å²) in [5.74, 6) is -3.25. The Bertz CT molecular complexity index is 115. The van der Waals surface area contributed by atoms with Gasteiger partial charge in [-0.3, -0.25) is 0 Å². The van der Waals surface area contributed by atoms with Gasteiger partial charge in [-0.15, -0.1) is 0 Å². The van der Waals surface area contributed by atoms with Crippen molar-refractivity contribution in [3.8, 4) is 0 Å². The first kappa shape index (κ1) is 22.7. The van der Waals surface area contributed by atoms with Crippen LogP contribution in [0.25, 0.3) is 0 Å². The molecule has 0 aliphatic carbocycles. The minimum atomic E-state index is -1.08. The van der Waals surface area contributed by atoms with Crippen LogP contribution in [-0.2, 0) is 31.5 Å². The number of hydrogen-bond acceptors (Lipinski definition) is 6. The van der Waals surface area contributed by atoms with Crippen LogP contribution in [0.4, 0.5) is 0 Å². The topological polar surface area (TPSA) is 120 Å². The van der Waals surface area contributed by atoms with Crippen molar-refractivity contribution >= 4 is 17.9 Å². The van der Waals surface area contributed by atoms with Crippen LogP contribution in [0.15, 0.2) is 0 Å². The Balaban J connectivity index is -0.0000000450. The fourth-order valence-corrected chi connectivity index (χ4v) is 0.